The number of hydrogen-bond acceptors (Lipinski definition) is 3. The molecule has 94 valence electrons. The lowest BCUT2D eigenvalue weighted by Gasteiger charge is -2.15. The number of methoxy groups -OCH3 is 1. The van der Waals surface area contributed by atoms with E-state index in [1.54, 1.807) is 7.11 Å². The summed E-state index contributed by atoms with van der Waals surface area (Å²) in [6.07, 6.45) is 2.57. The molecule has 3 nitrogen and oxygen atoms in total. The predicted octanol–water partition coefficient (Wildman–Crippen LogP) is 2.64. The summed E-state index contributed by atoms with van der Waals surface area (Å²) in [5, 5.41) is 0. The van der Waals surface area contributed by atoms with E-state index in [0.29, 0.717) is 6.42 Å². The van der Waals surface area contributed by atoms with Gasteiger partial charge in [0.1, 0.15) is 5.75 Å². The van der Waals surface area contributed by atoms with Crippen LogP contribution in [-0.4, -0.2) is 12.1 Å². The fraction of sp³-hybridized carbons (Fsp3) is 0.267. The number of ether oxygens (including phenoxy) is 1. The summed E-state index contributed by atoms with van der Waals surface area (Å²) in [5.74, 6) is 0.831. The van der Waals surface area contributed by atoms with Crippen LogP contribution in [0.15, 0.2) is 42.6 Å². The smallest absolute Gasteiger partial charge is 0.123 e. The van der Waals surface area contributed by atoms with Crippen LogP contribution >= 0.6 is 0 Å². The highest BCUT2D eigenvalue weighted by Gasteiger charge is 2.12. The highest BCUT2D eigenvalue weighted by Crippen LogP contribution is 2.25. The third kappa shape index (κ3) is 2.87. The monoisotopic (exact) mass is 242 g/mol. The number of para-hydroxylation sites is 1. The lowest BCUT2D eigenvalue weighted by Crippen LogP contribution is -2.15. The molecule has 0 aliphatic carbocycles. The Morgan fingerprint density at radius 1 is 1.22 bits per heavy atom. The average molecular weight is 242 g/mol. The van der Waals surface area contributed by atoms with Gasteiger partial charge in [-0.25, -0.2) is 0 Å². The molecule has 1 heterocycles. The van der Waals surface area contributed by atoms with Gasteiger partial charge < -0.3 is 10.5 Å². The van der Waals surface area contributed by atoms with E-state index >= 15 is 0 Å². The fourth-order valence-electron chi connectivity index (χ4n) is 1.93. The number of aryl methyl sites for hydroxylation is 1. The number of hydrogen-bond donors (Lipinski definition) is 1. The molecule has 0 fully saturated rings. The summed E-state index contributed by atoms with van der Waals surface area (Å²) >= 11 is 0. The minimum atomic E-state index is -0.101. The third-order valence-electron chi connectivity index (χ3n) is 2.94. The van der Waals surface area contributed by atoms with Crippen LogP contribution in [0.5, 0.6) is 5.75 Å². The summed E-state index contributed by atoms with van der Waals surface area (Å²) in [6.45, 7) is 2.02. The first kappa shape index (κ1) is 12.6. The second-order valence-corrected chi connectivity index (χ2v) is 4.38. The number of aromatic nitrogens is 1. The van der Waals surface area contributed by atoms with E-state index in [9.17, 15) is 0 Å². The molecular weight excluding hydrogens is 224 g/mol. The van der Waals surface area contributed by atoms with Crippen molar-refractivity contribution in [2.24, 2.45) is 5.73 Å². The zero-order chi connectivity index (χ0) is 13.0. The number of benzene rings is 1. The first-order valence-electron chi connectivity index (χ1n) is 6.00. The van der Waals surface area contributed by atoms with Gasteiger partial charge in [-0.15, -0.1) is 0 Å². The van der Waals surface area contributed by atoms with E-state index < -0.39 is 0 Å². The van der Waals surface area contributed by atoms with Gasteiger partial charge in [0.2, 0.25) is 0 Å². The van der Waals surface area contributed by atoms with Crippen molar-refractivity contribution in [3.8, 4) is 5.75 Å². The molecule has 0 bridgehead atoms. The minimum absolute atomic E-state index is 0.101. The van der Waals surface area contributed by atoms with Crippen LogP contribution in [0.2, 0.25) is 0 Å². The Labute approximate surface area is 108 Å². The Morgan fingerprint density at radius 2 is 2.00 bits per heavy atom. The summed E-state index contributed by atoms with van der Waals surface area (Å²) in [4.78, 5) is 4.38. The van der Waals surface area contributed by atoms with Gasteiger partial charge in [-0.1, -0.05) is 24.3 Å². The minimum Gasteiger partial charge on any atom is -0.496 e. The predicted molar refractivity (Wildman–Crippen MR) is 72.6 cm³/mol. The molecular formula is C15H18N2O. The second kappa shape index (κ2) is 5.65. The Hall–Kier alpha value is -1.87. The molecule has 0 aliphatic rings. The van der Waals surface area contributed by atoms with Crippen molar-refractivity contribution in [1.82, 2.24) is 4.98 Å². The van der Waals surface area contributed by atoms with Crippen LogP contribution in [0.4, 0.5) is 0 Å². The molecule has 0 aliphatic heterocycles. The molecule has 2 N–H and O–H groups in total. The standard InChI is InChI=1S/C15H18N2O/c1-11-7-8-12(17-10-11)9-14(16)13-5-3-4-6-15(13)18-2/h3-8,10,14H,9,16H2,1-2H3. The Morgan fingerprint density at radius 3 is 2.67 bits per heavy atom. The zero-order valence-corrected chi connectivity index (χ0v) is 10.8. The lowest BCUT2D eigenvalue weighted by atomic mass is 10.0. The molecule has 2 rings (SSSR count). The molecule has 0 saturated heterocycles. The Balaban J connectivity index is 2.16. The van der Waals surface area contributed by atoms with Crippen molar-refractivity contribution >= 4 is 0 Å². The van der Waals surface area contributed by atoms with Crippen LogP contribution in [-0.2, 0) is 6.42 Å². The van der Waals surface area contributed by atoms with Gasteiger partial charge in [0.05, 0.1) is 7.11 Å². The fourth-order valence-corrected chi connectivity index (χ4v) is 1.93. The highest BCUT2D eigenvalue weighted by atomic mass is 16.5. The molecule has 0 spiro atoms. The first-order chi connectivity index (χ1) is 8.70. The van der Waals surface area contributed by atoms with Crippen LogP contribution in [0.25, 0.3) is 0 Å². The van der Waals surface area contributed by atoms with E-state index in [1.807, 2.05) is 43.5 Å². The first-order valence-corrected chi connectivity index (χ1v) is 6.00. The van der Waals surface area contributed by atoms with Crippen molar-refractivity contribution < 1.29 is 4.74 Å². The van der Waals surface area contributed by atoms with Crippen LogP contribution in [0, 0.1) is 6.92 Å². The van der Waals surface area contributed by atoms with Crippen LogP contribution in [0.3, 0.4) is 0 Å². The number of pyridine rings is 1. The molecule has 0 radical (unpaired) electrons. The maximum atomic E-state index is 6.22. The summed E-state index contributed by atoms with van der Waals surface area (Å²) in [7, 11) is 1.66. The van der Waals surface area contributed by atoms with Crippen LogP contribution in [0.1, 0.15) is 22.9 Å². The van der Waals surface area contributed by atoms with E-state index in [2.05, 4.69) is 11.1 Å². The molecule has 18 heavy (non-hydrogen) atoms. The van der Waals surface area contributed by atoms with Gasteiger partial charge in [0, 0.05) is 29.9 Å². The zero-order valence-electron chi connectivity index (χ0n) is 10.8. The van der Waals surface area contributed by atoms with Crippen molar-refractivity contribution in [3.63, 3.8) is 0 Å². The topological polar surface area (TPSA) is 48.1 Å². The van der Waals surface area contributed by atoms with Crippen molar-refractivity contribution in [3.05, 3.63) is 59.4 Å². The van der Waals surface area contributed by atoms with E-state index in [-0.39, 0.29) is 6.04 Å². The summed E-state index contributed by atoms with van der Waals surface area (Å²) < 4.78 is 5.32. The van der Waals surface area contributed by atoms with Crippen molar-refractivity contribution in [2.45, 2.75) is 19.4 Å². The number of nitrogens with two attached hydrogens (primary N) is 1. The van der Waals surface area contributed by atoms with Gasteiger partial charge in [-0.3, -0.25) is 4.98 Å². The third-order valence-corrected chi connectivity index (χ3v) is 2.94. The molecule has 1 aromatic carbocycles. The Kier molecular flexibility index (Phi) is 3.95. The normalized spacial score (nSPS) is 12.2. The van der Waals surface area contributed by atoms with Crippen LogP contribution < -0.4 is 10.5 Å². The number of rotatable bonds is 4. The SMILES string of the molecule is COc1ccccc1C(N)Cc1ccc(C)cn1. The highest BCUT2D eigenvalue weighted by molar-refractivity contribution is 5.36. The molecule has 1 aromatic heterocycles. The lowest BCUT2D eigenvalue weighted by molar-refractivity contribution is 0.405. The molecule has 2 aromatic rings. The largest absolute Gasteiger partial charge is 0.496 e. The maximum Gasteiger partial charge on any atom is 0.123 e. The molecule has 3 heteroatoms. The molecule has 1 unspecified atom stereocenters. The maximum absolute atomic E-state index is 6.22. The van der Waals surface area contributed by atoms with E-state index in [1.165, 1.54) is 0 Å². The van der Waals surface area contributed by atoms with Gasteiger partial charge in [-0.05, 0) is 24.6 Å². The molecule has 1 atom stereocenters. The number of nitrogens with zero attached hydrogens (tertiary/aromatic N) is 1. The Bertz CT molecular complexity index is 508. The van der Waals surface area contributed by atoms with Crippen molar-refractivity contribution in [1.29, 1.82) is 0 Å². The van der Waals surface area contributed by atoms with Gasteiger partial charge >= 0.3 is 0 Å². The molecule has 0 amide bonds. The second-order valence-electron chi connectivity index (χ2n) is 4.38. The van der Waals surface area contributed by atoms with Gasteiger partial charge in [-0.2, -0.15) is 0 Å². The quantitative estimate of drug-likeness (QED) is 0.896. The molecule has 0 saturated carbocycles. The van der Waals surface area contributed by atoms with E-state index in [4.69, 9.17) is 10.5 Å². The van der Waals surface area contributed by atoms with Gasteiger partial charge in [0.25, 0.3) is 0 Å². The van der Waals surface area contributed by atoms with E-state index in [0.717, 1.165) is 22.6 Å². The van der Waals surface area contributed by atoms with Crippen molar-refractivity contribution in [2.75, 3.05) is 7.11 Å². The summed E-state index contributed by atoms with van der Waals surface area (Å²) in [5.41, 5.74) is 9.39. The summed E-state index contributed by atoms with van der Waals surface area (Å²) in [6, 6.07) is 11.8. The van der Waals surface area contributed by atoms with Gasteiger partial charge in [0.15, 0.2) is 0 Å². The average Bonchev–Trinajstić information content (AvgIpc) is 2.41.